The Morgan fingerprint density at radius 3 is 2.56 bits per heavy atom. The van der Waals surface area contributed by atoms with Crippen molar-refractivity contribution in [3.63, 3.8) is 0 Å². The molecular weight excluding hydrogens is 204 g/mol. The van der Waals surface area contributed by atoms with E-state index in [-0.39, 0.29) is 24.2 Å². The van der Waals surface area contributed by atoms with Crippen LogP contribution in [0.1, 0.15) is 40.5 Å². The fourth-order valence-corrected chi connectivity index (χ4v) is 2.03. The first-order valence-electron chi connectivity index (χ1n) is 6.28. The van der Waals surface area contributed by atoms with Gasteiger partial charge in [0.05, 0.1) is 24.9 Å². The molecule has 1 N–H and O–H groups in total. The van der Waals surface area contributed by atoms with E-state index >= 15 is 0 Å². The Bertz CT molecular complexity index is 231. The number of carbonyl (C=O) groups is 1. The molecule has 0 aromatic heterocycles. The molecule has 0 aromatic rings. The van der Waals surface area contributed by atoms with E-state index in [0.29, 0.717) is 13.2 Å². The zero-order valence-corrected chi connectivity index (χ0v) is 10.8. The lowest BCUT2D eigenvalue weighted by Gasteiger charge is -2.23. The second kappa shape index (κ2) is 6.21. The van der Waals surface area contributed by atoms with Gasteiger partial charge in [-0.05, 0) is 26.7 Å². The minimum atomic E-state index is 0.00370. The van der Waals surface area contributed by atoms with Crippen molar-refractivity contribution in [1.82, 2.24) is 10.2 Å². The molecule has 0 saturated carbocycles. The van der Waals surface area contributed by atoms with Crippen LogP contribution >= 0.6 is 0 Å². The lowest BCUT2D eigenvalue weighted by molar-refractivity contribution is -0.131. The molecule has 1 aliphatic heterocycles. The lowest BCUT2D eigenvalue weighted by atomic mass is 10.2. The SMILES string of the molecule is CCC1NC(CC)N(CCOC(C)C)C1=O. The van der Waals surface area contributed by atoms with E-state index in [0.717, 1.165) is 12.8 Å². The van der Waals surface area contributed by atoms with Crippen LogP contribution in [0.4, 0.5) is 0 Å². The van der Waals surface area contributed by atoms with Gasteiger partial charge in [0.25, 0.3) is 0 Å². The first-order valence-corrected chi connectivity index (χ1v) is 6.28. The summed E-state index contributed by atoms with van der Waals surface area (Å²) in [5.41, 5.74) is 0. The molecule has 0 bridgehead atoms. The molecular formula is C12H24N2O2. The van der Waals surface area contributed by atoms with Crippen LogP contribution in [-0.2, 0) is 9.53 Å². The number of hydrogen-bond acceptors (Lipinski definition) is 3. The van der Waals surface area contributed by atoms with Crippen LogP contribution < -0.4 is 5.32 Å². The zero-order valence-electron chi connectivity index (χ0n) is 10.8. The largest absolute Gasteiger partial charge is 0.377 e. The Morgan fingerprint density at radius 2 is 2.06 bits per heavy atom. The topological polar surface area (TPSA) is 41.6 Å². The van der Waals surface area contributed by atoms with Crippen LogP contribution in [0.3, 0.4) is 0 Å². The molecule has 16 heavy (non-hydrogen) atoms. The quantitative estimate of drug-likeness (QED) is 0.746. The number of nitrogens with zero attached hydrogens (tertiary/aromatic N) is 1. The number of amides is 1. The normalized spacial score (nSPS) is 25.8. The highest BCUT2D eigenvalue weighted by atomic mass is 16.5. The Kier molecular flexibility index (Phi) is 5.22. The van der Waals surface area contributed by atoms with Gasteiger partial charge in [0.2, 0.25) is 5.91 Å². The summed E-state index contributed by atoms with van der Waals surface area (Å²) in [6.07, 6.45) is 2.22. The van der Waals surface area contributed by atoms with E-state index in [2.05, 4.69) is 12.2 Å². The molecule has 94 valence electrons. The summed E-state index contributed by atoms with van der Waals surface area (Å²) in [5.74, 6) is 0.224. The van der Waals surface area contributed by atoms with Crippen LogP contribution in [0.2, 0.25) is 0 Å². The molecule has 4 heteroatoms. The molecule has 0 aromatic carbocycles. The van der Waals surface area contributed by atoms with Gasteiger partial charge in [0.1, 0.15) is 0 Å². The number of nitrogens with one attached hydrogen (secondary N) is 1. The van der Waals surface area contributed by atoms with Crippen LogP contribution in [0.25, 0.3) is 0 Å². The van der Waals surface area contributed by atoms with Crippen molar-refractivity contribution < 1.29 is 9.53 Å². The van der Waals surface area contributed by atoms with Gasteiger partial charge in [-0.2, -0.15) is 0 Å². The van der Waals surface area contributed by atoms with E-state index in [1.54, 1.807) is 0 Å². The van der Waals surface area contributed by atoms with E-state index < -0.39 is 0 Å². The molecule has 1 aliphatic rings. The number of ether oxygens (including phenoxy) is 1. The average molecular weight is 228 g/mol. The highest BCUT2D eigenvalue weighted by Crippen LogP contribution is 2.15. The average Bonchev–Trinajstić information content (AvgIpc) is 2.55. The van der Waals surface area contributed by atoms with Crippen molar-refractivity contribution in [2.45, 2.75) is 58.8 Å². The van der Waals surface area contributed by atoms with Gasteiger partial charge < -0.3 is 9.64 Å². The fraction of sp³-hybridized carbons (Fsp3) is 0.917. The third-order valence-corrected chi connectivity index (χ3v) is 2.93. The minimum Gasteiger partial charge on any atom is -0.377 e. The predicted molar refractivity (Wildman–Crippen MR) is 64.1 cm³/mol. The molecule has 0 radical (unpaired) electrons. The number of carbonyl (C=O) groups excluding carboxylic acids is 1. The first kappa shape index (κ1) is 13.5. The molecule has 1 saturated heterocycles. The molecule has 1 rings (SSSR count). The first-order chi connectivity index (χ1) is 7.60. The lowest BCUT2D eigenvalue weighted by Crippen LogP contribution is -2.39. The molecule has 2 atom stereocenters. The van der Waals surface area contributed by atoms with Gasteiger partial charge in [-0.25, -0.2) is 0 Å². The van der Waals surface area contributed by atoms with Gasteiger partial charge in [0.15, 0.2) is 0 Å². The van der Waals surface area contributed by atoms with Gasteiger partial charge >= 0.3 is 0 Å². The number of hydrogen-bond donors (Lipinski definition) is 1. The van der Waals surface area contributed by atoms with Crippen LogP contribution in [0.15, 0.2) is 0 Å². The predicted octanol–water partition coefficient (Wildman–Crippen LogP) is 1.36. The van der Waals surface area contributed by atoms with Crippen molar-refractivity contribution in [3.8, 4) is 0 Å². The zero-order chi connectivity index (χ0) is 12.1. The van der Waals surface area contributed by atoms with Crippen molar-refractivity contribution in [2.24, 2.45) is 0 Å². The summed E-state index contributed by atoms with van der Waals surface area (Å²) in [5, 5.41) is 3.35. The van der Waals surface area contributed by atoms with Crippen molar-refractivity contribution in [2.75, 3.05) is 13.2 Å². The Morgan fingerprint density at radius 1 is 1.38 bits per heavy atom. The molecule has 4 nitrogen and oxygen atoms in total. The second-order valence-corrected chi connectivity index (χ2v) is 4.50. The maximum Gasteiger partial charge on any atom is 0.241 e. The summed E-state index contributed by atoms with van der Waals surface area (Å²) in [4.78, 5) is 13.9. The summed E-state index contributed by atoms with van der Waals surface area (Å²) >= 11 is 0. The molecule has 2 unspecified atom stereocenters. The molecule has 1 amide bonds. The third-order valence-electron chi connectivity index (χ3n) is 2.93. The Labute approximate surface area is 98.3 Å². The van der Waals surface area contributed by atoms with E-state index in [9.17, 15) is 4.79 Å². The fourth-order valence-electron chi connectivity index (χ4n) is 2.03. The van der Waals surface area contributed by atoms with E-state index in [1.165, 1.54) is 0 Å². The summed E-state index contributed by atoms with van der Waals surface area (Å²) in [6, 6.07) is 0.00370. The minimum absolute atomic E-state index is 0.00370. The van der Waals surface area contributed by atoms with Gasteiger partial charge in [0, 0.05) is 6.54 Å². The van der Waals surface area contributed by atoms with E-state index in [4.69, 9.17) is 4.74 Å². The van der Waals surface area contributed by atoms with Gasteiger partial charge in [-0.15, -0.1) is 0 Å². The molecule has 1 fully saturated rings. The van der Waals surface area contributed by atoms with Crippen molar-refractivity contribution in [1.29, 1.82) is 0 Å². The Balaban J connectivity index is 2.46. The van der Waals surface area contributed by atoms with Crippen LogP contribution in [-0.4, -0.2) is 42.3 Å². The van der Waals surface area contributed by atoms with Crippen molar-refractivity contribution in [3.05, 3.63) is 0 Å². The summed E-state index contributed by atoms with van der Waals surface area (Å²) in [7, 11) is 0. The van der Waals surface area contributed by atoms with Crippen LogP contribution in [0.5, 0.6) is 0 Å². The highest BCUT2D eigenvalue weighted by molar-refractivity contribution is 5.84. The monoisotopic (exact) mass is 228 g/mol. The molecule has 0 spiro atoms. The highest BCUT2D eigenvalue weighted by Gasteiger charge is 2.36. The third kappa shape index (κ3) is 3.19. The number of rotatable bonds is 6. The summed E-state index contributed by atoms with van der Waals surface area (Å²) in [6.45, 7) is 9.47. The maximum absolute atomic E-state index is 12.0. The Hall–Kier alpha value is -0.610. The van der Waals surface area contributed by atoms with Gasteiger partial charge in [-0.3, -0.25) is 10.1 Å². The van der Waals surface area contributed by atoms with Gasteiger partial charge in [-0.1, -0.05) is 13.8 Å². The summed E-state index contributed by atoms with van der Waals surface area (Å²) < 4.78 is 5.49. The van der Waals surface area contributed by atoms with Crippen molar-refractivity contribution >= 4 is 5.91 Å². The van der Waals surface area contributed by atoms with E-state index in [1.807, 2.05) is 25.7 Å². The standard InChI is InChI=1S/C12H24N2O2/c1-5-10-12(15)14(11(6-2)13-10)7-8-16-9(3)4/h9-11,13H,5-8H2,1-4H3. The molecule has 0 aliphatic carbocycles. The second-order valence-electron chi connectivity index (χ2n) is 4.50. The van der Waals surface area contributed by atoms with Crippen LogP contribution in [0, 0.1) is 0 Å². The molecule has 1 heterocycles. The smallest absolute Gasteiger partial charge is 0.241 e. The maximum atomic E-state index is 12.0.